The highest BCUT2D eigenvalue weighted by molar-refractivity contribution is 6.11. The van der Waals surface area contributed by atoms with Gasteiger partial charge in [0.25, 0.3) is 5.91 Å². The quantitative estimate of drug-likeness (QED) is 0.515. The second kappa shape index (κ2) is 8.31. The second-order valence-electron chi connectivity index (χ2n) is 4.93. The van der Waals surface area contributed by atoms with E-state index >= 15 is 0 Å². The van der Waals surface area contributed by atoms with Gasteiger partial charge in [0.15, 0.2) is 0 Å². The summed E-state index contributed by atoms with van der Waals surface area (Å²) in [5.74, 6) is -0.518. The minimum absolute atomic E-state index is 0.0927. The molecule has 2 aromatic carbocycles. The molecule has 2 rings (SSSR count). The summed E-state index contributed by atoms with van der Waals surface area (Å²) < 4.78 is 9.75. The van der Waals surface area contributed by atoms with E-state index in [0.717, 1.165) is 0 Å². The van der Waals surface area contributed by atoms with Crippen molar-refractivity contribution in [2.24, 2.45) is 0 Å². The highest BCUT2D eigenvalue weighted by atomic mass is 16.5. The van der Waals surface area contributed by atoms with E-state index in [1.807, 2.05) is 6.07 Å². The molecular weight excluding hydrogens is 320 g/mol. The Hall–Kier alpha value is -3.59. The summed E-state index contributed by atoms with van der Waals surface area (Å²) in [5, 5.41) is 11.8. The second-order valence-corrected chi connectivity index (χ2v) is 4.93. The molecule has 6 nitrogen and oxygen atoms in total. The largest absolute Gasteiger partial charge is 0.497 e. The molecule has 0 radical (unpaired) electrons. The third-order valence-corrected chi connectivity index (χ3v) is 3.37. The topological polar surface area (TPSA) is 88.4 Å². The van der Waals surface area contributed by atoms with E-state index in [1.54, 1.807) is 49.6 Å². The standard InChI is InChI=1S/C19H16N2O4/c1-24-15-9-7-13(8-10-15)11-14(12-20)18(22)21-17-6-4-3-5-16(17)19(23)25-2/h3-11H,1-2H3,(H,21,22)/b14-11+. The van der Waals surface area contributed by atoms with Crippen LogP contribution in [0.3, 0.4) is 0 Å². The predicted molar refractivity (Wildman–Crippen MR) is 93.0 cm³/mol. The number of nitriles is 1. The number of hydrogen-bond acceptors (Lipinski definition) is 5. The van der Waals surface area contributed by atoms with Gasteiger partial charge in [-0.2, -0.15) is 5.26 Å². The molecule has 0 fully saturated rings. The highest BCUT2D eigenvalue weighted by Crippen LogP contribution is 2.18. The van der Waals surface area contributed by atoms with Crippen LogP contribution in [0.4, 0.5) is 5.69 Å². The Morgan fingerprint density at radius 2 is 1.76 bits per heavy atom. The summed E-state index contributed by atoms with van der Waals surface area (Å²) in [7, 11) is 2.81. The van der Waals surface area contributed by atoms with Crippen LogP contribution < -0.4 is 10.1 Å². The lowest BCUT2D eigenvalue weighted by Crippen LogP contribution is -2.16. The third kappa shape index (κ3) is 4.45. The van der Waals surface area contributed by atoms with Crippen molar-refractivity contribution in [3.8, 4) is 11.8 Å². The number of ether oxygens (including phenoxy) is 2. The molecule has 0 saturated carbocycles. The Labute approximate surface area is 145 Å². The van der Waals surface area contributed by atoms with Crippen LogP contribution in [0, 0.1) is 11.3 Å². The fraction of sp³-hybridized carbons (Fsp3) is 0.105. The van der Waals surface area contributed by atoms with E-state index in [0.29, 0.717) is 11.3 Å². The number of amides is 1. The van der Waals surface area contributed by atoms with Gasteiger partial charge in [0.2, 0.25) is 0 Å². The van der Waals surface area contributed by atoms with Crippen molar-refractivity contribution in [2.75, 3.05) is 19.5 Å². The van der Waals surface area contributed by atoms with Crippen LogP contribution in [-0.2, 0) is 9.53 Å². The zero-order chi connectivity index (χ0) is 18.2. The van der Waals surface area contributed by atoms with Crippen LogP contribution in [0.25, 0.3) is 6.08 Å². The third-order valence-electron chi connectivity index (χ3n) is 3.37. The first-order valence-electron chi connectivity index (χ1n) is 7.33. The maximum Gasteiger partial charge on any atom is 0.339 e. The minimum Gasteiger partial charge on any atom is -0.497 e. The van der Waals surface area contributed by atoms with Gasteiger partial charge in [-0.1, -0.05) is 24.3 Å². The van der Waals surface area contributed by atoms with Crippen LogP contribution in [-0.4, -0.2) is 26.1 Å². The lowest BCUT2D eigenvalue weighted by atomic mass is 10.1. The Kier molecular flexibility index (Phi) is 5.91. The number of carbonyl (C=O) groups is 2. The zero-order valence-corrected chi connectivity index (χ0v) is 13.8. The summed E-state index contributed by atoms with van der Waals surface area (Å²) in [6, 6.07) is 15.2. The summed E-state index contributed by atoms with van der Waals surface area (Å²) in [6.45, 7) is 0. The van der Waals surface area contributed by atoms with Crippen LogP contribution in [0.5, 0.6) is 5.75 Å². The lowest BCUT2D eigenvalue weighted by Gasteiger charge is -2.09. The fourth-order valence-corrected chi connectivity index (χ4v) is 2.09. The van der Waals surface area contributed by atoms with Crippen molar-refractivity contribution in [1.82, 2.24) is 0 Å². The molecule has 0 bridgehead atoms. The SMILES string of the molecule is COC(=O)c1ccccc1NC(=O)/C(C#N)=C/c1ccc(OC)cc1. The normalized spacial score (nSPS) is 10.5. The van der Waals surface area contributed by atoms with E-state index in [1.165, 1.54) is 19.3 Å². The number of methoxy groups -OCH3 is 2. The number of benzene rings is 2. The van der Waals surface area contributed by atoms with Gasteiger partial charge in [0, 0.05) is 0 Å². The van der Waals surface area contributed by atoms with E-state index in [2.05, 4.69) is 10.1 Å². The minimum atomic E-state index is -0.616. The molecule has 25 heavy (non-hydrogen) atoms. The molecule has 0 spiro atoms. The van der Waals surface area contributed by atoms with E-state index in [4.69, 9.17) is 4.74 Å². The molecule has 2 aromatic rings. The van der Waals surface area contributed by atoms with Gasteiger partial charge in [-0.15, -0.1) is 0 Å². The number of rotatable bonds is 5. The van der Waals surface area contributed by atoms with Crippen molar-refractivity contribution in [3.05, 3.63) is 65.2 Å². The van der Waals surface area contributed by atoms with Crippen molar-refractivity contribution in [3.63, 3.8) is 0 Å². The fourth-order valence-electron chi connectivity index (χ4n) is 2.09. The van der Waals surface area contributed by atoms with Crippen LogP contribution in [0.15, 0.2) is 54.1 Å². The lowest BCUT2D eigenvalue weighted by molar-refractivity contribution is -0.112. The number of para-hydroxylation sites is 1. The maximum absolute atomic E-state index is 12.4. The molecule has 0 heterocycles. The molecule has 0 aliphatic rings. The van der Waals surface area contributed by atoms with Gasteiger partial charge in [0.05, 0.1) is 25.5 Å². The predicted octanol–water partition coefficient (Wildman–Crippen LogP) is 3.03. The number of hydrogen-bond donors (Lipinski definition) is 1. The zero-order valence-electron chi connectivity index (χ0n) is 13.8. The van der Waals surface area contributed by atoms with Gasteiger partial charge in [-0.25, -0.2) is 4.79 Å². The Balaban J connectivity index is 2.25. The van der Waals surface area contributed by atoms with Gasteiger partial charge in [-0.3, -0.25) is 4.79 Å². The van der Waals surface area contributed by atoms with Gasteiger partial charge >= 0.3 is 5.97 Å². The molecule has 1 amide bonds. The molecule has 0 aromatic heterocycles. The monoisotopic (exact) mass is 336 g/mol. The van der Waals surface area contributed by atoms with Gasteiger partial charge in [0.1, 0.15) is 17.4 Å². The Morgan fingerprint density at radius 1 is 1.08 bits per heavy atom. The molecule has 0 saturated heterocycles. The summed E-state index contributed by atoms with van der Waals surface area (Å²) in [4.78, 5) is 24.1. The molecule has 0 unspecified atom stereocenters. The molecular formula is C19H16N2O4. The van der Waals surface area contributed by atoms with Crippen molar-refractivity contribution < 1.29 is 19.1 Å². The molecule has 0 aliphatic carbocycles. The number of anilines is 1. The first-order valence-corrected chi connectivity index (χ1v) is 7.33. The van der Waals surface area contributed by atoms with Crippen LogP contribution >= 0.6 is 0 Å². The molecule has 1 N–H and O–H groups in total. The average molecular weight is 336 g/mol. The van der Waals surface area contributed by atoms with E-state index in [9.17, 15) is 14.9 Å². The first-order chi connectivity index (χ1) is 12.1. The van der Waals surface area contributed by atoms with Gasteiger partial charge in [-0.05, 0) is 35.9 Å². The van der Waals surface area contributed by atoms with Gasteiger partial charge < -0.3 is 14.8 Å². The Morgan fingerprint density at radius 3 is 2.36 bits per heavy atom. The summed E-state index contributed by atoms with van der Waals surface area (Å²) in [6.07, 6.45) is 1.45. The van der Waals surface area contributed by atoms with Crippen LogP contribution in [0.2, 0.25) is 0 Å². The number of nitrogens with one attached hydrogen (secondary N) is 1. The number of nitrogens with zero attached hydrogens (tertiary/aromatic N) is 1. The van der Waals surface area contributed by atoms with Crippen molar-refractivity contribution in [2.45, 2.75) is 0 Å². The molecule has 6 heteroatoms. The first kappa shape index (κ1) is 17.8. The van der Waals surface area contributed by atoms with E-state index < -0.39 is 11.9 Å². The number of esters is 1. The molecule has 0 atom stereocenters. The van der Waals surface area contributed by atoms with Crippen LogP contribution in [0.1, 0.15) is 15.9 Å². The summed E-state index contributed by atoms with van der Waals surface area (Å²) >= 11 is 0. The average Bonchev–Trinajstić information content (AvgIpc) is 2.66. The van der Waals surface area contributed by atoms with E-state index in [-0.39, 0.29) is 16.8 Å². The highest BCUT2D eigenvalue weighted by Gasteiger charge is 2.15. The smallest absolute Gasteiger partial charge is 0.339 e. The summed E-state index contributed by atoms with van der Waals surface area (Å²) in [5.41, 5.74) is 1.06. The molecule has 0 aliphatic heterocycles. The molecule has 126 valence electrons. The Bertz CT molecular complexity index is 848. The number of carbonyl (C=O) groups excluding carboxylic acids is 2. The van der Waals surface area contributed by atoms with Crippen molar-refractivity contribution >= 4 is 23.6 Å². The van der Waals surface area contributed by atoms with Crippen molar-refractivity contribution in [1.29, 1.82) is 5.26 Å². The maximum atomic E-state index is 12.4.